The van der Waals surface area contributed by atoms with E-state index in [0.717, 1.165) is 0 Å². The second-order valence-electron chi connectivity index (χ2n) is 3.43. The Kier molecular flexibility index (Phi) is 3.61. The Hall–Kier alpha value is -0.480. The molecule has 1 heterocycles. The maximum atomic E-state index is 11.3. The van der Waals surface area contributed by atoms with Crippen molar-refractivity contribution in [1.29, 1.82) is 0 Å². The standard InChI is InChI=1S/C9H13ClN2OS/c1-9(2,14-3)8-11-6(5-10)4-7(13)12-8/h4H,5H2,1-3H3,(H,11,12,13). The Labute approximate surface area is 92.3 Å². The number of nitrogens with zero attached hydrogens (tertiary/aromatic N) is 1. The van der Waals surface area contributed by atoms with Crippen LogP contribution in [0.1, 0.15) is 25.4 Å². The minimum atomic E-state index is -0.193. The molecule has 0 aliphatic rings. The molecule has 14 heavy (non-hydrogen) atoms. The van der Waals surface area contributed by atoms with Crippen LogP contribution in [-0.4, -0.2) is 16.2 Å². The van der Waals surface area contributed by atoms with Gasteiger partial charge >= 0.3 is 0 Å². The molecule has 78 valence electrons. The van der Waals surface area contributed by atoms with Crippen LogP contribution >= 0.6 is 23.4 Å². The highest BCUT2D eigenvalue weighted by atomic mass is 35.5. The minimum Gasteiger partial charge on any atom is -0.309 e. The normalized spacial score (nSPS) is 11.7. The van der Waals surface area contributed by atoms with Crippen molar-refractivity contribution < 1.29 is 0 Å². The van der Waals surface area contributed by atoms with E-state index in [1.54, 1.807) is 11.8 Å². The third kappa shape index (κ3) is 2.51. The van der Waals surface area contributed by atoms with Gasteiger partial charge in [0.15, 0.2) is 0 Å². The monoisotopic (exact) mass is 232 g/mol. The maximum Gasteiger partial charge on any atom is 0.251 e. The molecule has 0 aliphatic carbocycles. The van der Waals surface area contributed by atoms with Crippen molar-refractivity contribution in [3.63, 3.8) is 0 Å². The van der Waals surface area contributed by atoms with E-state index in [1.807, 2.05) is 20.1 Å². The van der Waals surface area contributed by atoms with E-state index in [0.29, 0.717) is 11.5 Å². The number of hydrogen-bond donors (Lipinski definition) is 1. The first-order valence-electron chi connectivity index (χ1n) is 4.21. The van der Waals surface area contributed by atoms with Gasteiger partial charge < -0.3 is 4.98 Å². The summed E-state index contributed by atoms with van der Waals surface area (Å²) in [5, 5.41) is 0. The average Bonchev–Trinajstić information content (AvgIpc) is 2.16. The first-order chi connectivity index (χ1) is 6.49. The van der Waals surface area contributed by atoms with Gasteiger partial charge in [-0.05, 0) is 20.1 Å². The predicted octanol–water partition coefficient (Wildman–Crippen LogP) is 2.11. The Balaban J connectivity index is 3.22. The summed E-state index contributed by atoms with van der Waals surface area (Å²) in [5.74, 6) is 0.939. The molecule has 1 aromatic heterocycles. The first kappa shape index (κ1) is 11.6. The van der Waals surface area contributed by atoms with E-state index in [2.05, 4.69) is 9.97 Å². The lowest BCUT2D eigenvalue weighted by Crippen LogP contribution is -2.22. The van der Waals surface area contributed by atoms with Crippen LogP contribution in [0.3, 0.4) is 0 Å². The second kappa shape index (κ2) is 4.36. The van der Waals surface area contributed by atoms with Crippen LogP contribution in [0.2, 0.25) is 0 Å². The fourth-order valence-corrected chi connectivity index (χ4v) is 1.39. The summed E-state index contributed by atoms with van der Waals surface area (Å²) < 4.78 is -0.193. The van der Waals surface area contributed by atoms with Crippen LogP contribution < -0.4 is 5.56 Å². The highest BCUT2D eigenvalue weighted by molar-refractivity contribution is 7.99. The smallest absolute Gasteiger partial charge is 0.251 e. The topological polar surface area (TPSA) is 45.8 Å². The zero-order chi connectivity index (χ0) is 10.8. The van der Waals surface area contributed by atoms with Crippen LogP contribution in [0, 0.1) is 0 Å². The molecule has 0 unspecified atom stereocenters. The lowest BCUT2D eigenvalue weighted by molar-refractivity contribution is 0.697. The highest BCUT2D eigenvalue weighted by Crippen LogP contribution is 2.30. The predicted molar refractivity (Wildman–Crippen MR) is 61.0 cm³/mol. The van der Waals surface area contributed by atoms with Gasteiger partial charge in [0.25, 0.3) is 5.56 Å². The summed E-state index contributed by atoms with van der Waals surface area (Å²) >= 11 is 7.27. The second-order valence-corrected chi connectivity index (χ2v) is 5.13. The number of aromatic nitrogens is 2. The number of nitrogens with one attached hydrogen (secondary N) is 1. The molecule has 0 amide bonds. The molecule has 0 fully saturated rings. The van der Waals surface area contributed by atoms with Crippen molar-refractivity contribution in [3.05, 3.63) is 27.9 Å². The fourth-order valence-electron chi connectivity index (χ4n) is 0.958. The minimum absolute atomic E-state index is 0.146. The van der Waals surface area contributed by atoms with Crippen molar-refractivity contribution in [2.45, 2.75) is 24.5 Å². The molecule has 1 rings (SSSR count). The van der Waals surface area contributed by atoms with Crippen LogP contribution in [0.5, 0.6) is 0 Å². The van der Waals surface area contributed by atoms with Gasteiger partial charge in [0.2, 0.25) is 0 Å². The lowest BCUT2D eigenvalue weighted by atomic mass is 10.2. The molecule has 0 atom stereocenters. The van der Waals surface area contributed by atoms with Crippen molar-refractivity contribution in [2.75, 3.05) is 6.26 Å². The Morgan fingerprint density at radius 1 is 1.64 bits per heavy atom. The third-order valence-corrected chi connectivity index (χ3v) is 3.50. The van der Waals surface area contributed by atoms with Gasteiger partial charge in [-0.25, -0.2) is 4.98 Å². The Morgan fingerprint density at radius 2 is 2.29 bits per heavy atom. The van der Waals surface area contributed by atoms with Gasteiger partial charge in [-0.1, -0.05) is 0 Å². The van der Waals surface area contributed by atoms with Gasteiger partial charge in [-0.3, -0.25) is 4.79 Å². The van der Waals surface area contributed by atoms with Crippen LogP contribution in [0.4, 0.5) is 0 Å². The molecule has 1 N–H and O–H groups in total. The molecule has 5 heteroatoms. The SMILES string of the molecule is CSC(C)(C)c1nc(CCl)cc(=O)[nH]1. The molecule has 1 aromatic rings. The van der Waals surface area contributed by atoms with Crippen molar-refractivity contribution in [3.8, 4) is 0 Å². The van der Waals surface area contributed by atoms with E-state index in [9.17, 15) is 4.79 Å². The maximum absolute atomic E-state index is 11.3. The quantitative estimate of drug-likeness (QED) is 0.812. The largest absolute Gasteiger partial charge is 0.309 e. The van der Waals surface area contributed by atoms with Gasteiger partial charge in [0.05, 0.1) is 16.3 Å². The molecule has 0 saturated heterocycles. The van der Waals surface area contributed by atoms with Crippen molar-refractivity contribution in [2.24, 2.45) is 0 Å². The van der Waals surface area contributed by atoms with E-state index in [4.69, 9.17) is 11.6 Å². The van der Waals surface area contributed by atoms with Crippen LogP contribution in [-0.2, 0) is 10.6 Å². The summed E-state index contributed by atoms with van der Waals surface area (Å²) in [6.45, 7) is 4.02. The van der Waals surface area contributed by atoms with Gasteiger partial charge in [0.1, 0.15) is 5.82 Å². The first-order valence-corrected chi connectivity index (χ1v) is 5.97. The van der Waals surface area contributed by atoms with Gasteiger partial charge in [-0.2, -0.15) is 11.8 Å². The molecule has 0 bridgehead atoms. The number of rotatable bonds is 3. The number of H-pyrrole nitrogens is 1. The van der Waals surface area contributed by atoms with E-state index in [1.165, 1.54) is 6.07 Å². The Bertz CT molecular complexity index is 375. The van der Waals surface area contributed by atoms with E-state index in [-0.39, 0.29) is 16.2 Å². The molecular formula is C9H13ClN2OS. The number of halogens is 1. The van der Waals surface area contributed by atoms with Gasteiger partial charge in [0, 0.05) is 6.07 Å². The number of thioether (sulfide) groups is 1. The van der Waals surface area contributed by atoms with Crippen molar-refractivity contribution >= 4 is 23.4 Å². The molecule has 3 nitrogen and oxygen atoms in total. The van der Waals surface area contributed by atoms with E-state index < -0.39 is 0 Å². The molecule has 0 aromatic carbocycles. The molecule has 0 radical (unpaired) electrons. The zero-order valence-electron chi connectivity index (χ0n) is 8.43. The zero-order valence-corrected chi connectivity index (χ0v) is 10.00. The number of alkyl halides is 1. The number of aromatic amines is 1. The van der Waals surface area contributed by atoms with Gasteiger partial charge in [-0.15, -0.1) is 11.6 Å². The molecular weight excluding hydrogens is 220 g/mol. The van der Waals surface area contributed by atoms with Crippen LogP contribution in [0.15, 0.2) is 10.9 Å². The van der Waals surface area contributed by atoms with Crippen molar-refractivity contribution in [1.82, 2.24) is 9.97 Å². The number of hydrogen-bond acceptors (Lipinski definition) is 3. The molecule has 0 aliphatic heterocycles. The average molecular weight is 233 g/mol. The summed E-state index contributed by atoms with van der Waals surface area (Å²) in [5.41, 5.74) is 0.473. The van der Waals surface area contributed by atoms with E-state index >= 15 is 0 Å². The van der Waals surface area contributed by atoms with Crippen LogP contribution in [0.25, 0.3) is 0 Å². The lowest BCUT2D eigenvalue weighted by Gasteiger charge is -2.20. The Morgan fingerprint density at radius 3 is 2.79 bits per heavy atom. The third-order valence-electron chi connectivity index (χ3n) is 2.01. The summed E-state index contributed by atoms with van der Waals surface area (Å²) in [6, 6.07) is 1.42. The summed E-state index contributed by atoms with van der Waals surface area (Å²) in [4.78, 5) is 18.3. The molecule has 0 saturated carbocycles. The summed E-state index contributed by atoms with van der Waals surface area (Å²) in [6.07, 6.45) is 1.98. The molecule has 0 spiro atoms. The fraction of sp³-hybridized carbons (Fsp3) is 0.556. The summed E-state index contributed by atoms with van der Waals surface area (Å²) in [7, 11) is 0. The highest BCUT2D eigenvalue weighted by Gasteiger charge is 2.22.